The first-order valence-corrected chi connectivity index (χ1v) is 7.36. The third kappa shape index (κ3) is 11.7. The minimum Gasteiger partial charge on any atom is -0.480 e. The van der Waals surface area contributed by atoms with Gasteiger partial charge in [0.2, 0.25) is 0 Å². The van der Waals surface area contributed by atoms with E-state index in [1.54, 1.807) is 6.92 Å². The van der Waals surface area contributed by atoms with Crippen LogP contribution >= 0.6 is 12.4 Å². The summed E-state index contributed by atoms with van der Waals surface area (Å²) >= 11 is 0. The van der Waals surface area contributed by atoms with Gasteiger partial charge in [-0.25, -0.2) is 0 Å². The van der Waals surface area contributed by atoms with Crippen LogP contribution in [0.25, 0.3) is 0 Å². The second-order valence-corrected chi connectivity index (χ2v) is 5.49. The molecule has 2 atom stereocenters. The van der Waals surface area contributed by atoms with Crippen LogP contribution in [0.15, 0.2) is 0 Å². The van der Waals surface area contributed by atoms with Crippen molar-refractivity contribution < 1.29 is 24.5 Å². The zero-order chi connectivity index (χ0) is 16.4. The van der Waals surface area contributed by atoms with Gasteiger partial charge in [-0.05, 0) is 52.4 Å². The van der Waals surface area contributed by atoms with Gasteiger partial charge < -0.3 is 26.4 Å². The average molecular weight is 341 g/mol. The number of carboxylic acids is 1. The lowest BCUT2D eigenvalue weighted by molar-refractivity contribution is -0.154. The Hall–Kier alpha value is -0.890. The summed E-state index contributed by atoms with van der Waals surface area (Å²) in [6.45, 7) is 3.06. The van der Waals surface area contributed by atoms with Gasteiger partial charge in [-0.1, -0.05) is 0 Å². The molecule has 0 bridgehead atoms. The number of hydrogen-bond donors (Lipinski definition) is 4. The van der Waals surface area contributed by atoms with Crippen molar-refractivity contribution in [1.29, 1.82) is 0 Å². The third-order valence-electron chi connectivity index (χ3n) is 3.17. The van der Waals surface area contributed by atoms with Crippen LogP contribution in [0.2, 0.25) is 0 Å². The summed E-state index contributed by atoms with van der Waals surface area (Å²) in [5.74, 6) is -1.24. The Bertz CT molecular complexity index is 318. The van der Waals surface area contributed by atoms with Crippen LogP contribution in [-0.2, 0) is 14.3 Å². The van der Waals surface area contributed by atoms with Crippen LogP contribution in [0.4, 0.5) is 0 Å². The van der Waals surface area contributed by atoms with Gasteiger partial charge in [0.05, 0.1) is 6.10 Å². The molecule has 0 aromatic rings. The van der Waals surface area contributed by atoms with Gasteiger partial charge in [0.1, 0.15) is 18.2 Å². The second-order valence-electron chi connectivity index (χ2n) is 5.49. The number of aliphatic carboxylic acids is 1. The number of carbonyl (C=O) groups is 2. The number of halogens is 1. The van der Waals surface area contributed by atoms with E-state index in [0.717, 1.165) is 25.7 Å². The molecule has 0 unspecified atom stereocenters. The first-order valence-electron chi connectivity index (χ1n) is 7.36. The number of ether oxygens (including phenoxy) is 1. The molecule has 7 nitrogen and oxygen atoms in total. The van der Waals surface area contributed by atoms with Gasteiger partial charge >= 0.3 is 11.9 Å². The van der Waals surface area contributed by atoms with E-state index in [1.807, 2.05) is 0 Å². The zero-order valence-corrected chi connectivity index (χ0v) is 14.1. The molecule has 22 heavy (non-hydrogen) atoms. The minimum atomic E-state index is -0.963. The predicted molar refractivity (Wildman–Crippen MR) is 85.8 cm³/mol. The number of esters is 1. The molecule has 6 N–H and O–H groups in total. The number of carbonyl (C=O) groups excluding carboxylic acids is 1. The molecule has 0 saturated heterocycles. The van der Waals surface area contributed by atoms with E-state index in [4.69, 9.17) is 26.4 Å². The van der Waals surface area contributed by atoms with Crippen LogP contribution in [0.1, 0.15) is 52.4 Å². The van der Waals surface area contributed by atoms with E-state index in [9.17, 15) is 9.59 Å². The number of rotatable bonds is 3. The quantitative estimate of drug-likeness (QED) is 0.558. The maximum Gasteiger partial charge on any atom is 0.322 e. The molecule has 0 spiro atoms. The molecule has 0 aromatic carbocycles. The second kappa shape index (κ2) is 12.6. The van der Waals surface area contributed by atoms with Crippen LogP contribution in [-0.4, -0.2) is 46.4 Å². The predicted octanol–water partition coefficient (Wildman–Crippen LogP) is 0.801. The molecule has 0 heterocycles. The van der Waals surface area contributed by atoms with Crippen molar-refractivity contribution in [3.8, 4) is 0 Å². The summed E-state index contributed by atoms with van der Waals surface area (Å²) in [6.07, 6.45) is 6.75. The largest absolute Gasteiger partial charge is 0.480 e. The molecule has 132 valence electrons. The summed E-state index contributed by atoms with van der Waals surface area (Å²) < 4.78 is 4.98. The summed E-state index contributed by atoms with van der Waals surface area (Å²) in [6, 6.07) is -1.20. The third-order valence-corrected chi connectivity index (χ3v) is 3.17. The normalized spacial score (nSPS) is 19.3. The van der Waals surface area contributed by atoms with Crippen molar-refractivity contribution in [1.82, 2.24) is 0 Å². The van der Waals surface area contributed by atoms with Crippen LogP contribution in [0.3, 0.4) is 0 Å². The summed E-state index contributed by atoms with van der Waals surface area (Å²) in [4.78, 5) is 20.4. The zero-order valence-electron chi connectivity index (χ0n) is 13.2. The lowest BCUT2D eigenvalue weighted by atomic mass is 9.96. The highest BCUT2D eigenvalue weighted by Crippen LogP contribution is 2.22. The average Bonchev–Trinajstić information content (AvgIpc) is 2.32. The van der Waals surface area contributed by atoms with Crippen LogP contribution in [0, 0.1) is 0 Å². The maximum atomic E-state index is 10.8. The Balaban J connectivity index is 0. The molecule has 2 fully saturated rings. The van der Waals surface area contributed by atoms with E-state index in [-0.39, 0.29) is 30.6 Å². The lowest BCUT2D eigenvalue weighted by Gasteiger charge is -2.25. The number of aliphatic hydroxyl groups excluding tert-OH is 1. The topological polar surface area (TPSA) is 136 Å². The van der Waals surface area contributed by atoms with Gasteiger partial charge in [0, 0.05) is 0 Å². The van der Waals surface area contributed by atoms with Gasteiger partial charge in [-0.15, -0.1) is 12.4 Å². The van der Waals surface area contributed by atoms with Crippen molar-refractivity contribution in [2.24, 2.45) is 11.5 Å². The lowest BCUT2D eigenvalue weighted by Crippen LogP contribution is -2.34. The number of carboxylic acid groups (broad SMARTS) is 1. The van der Waals surface area contributed by atoms with Crippen molar-refractivity contribution in [3.63, 3.8) is 0 Å². The van der Waals surface area contributed by atoms with Crippen LogP contribution < -0.4 is 11.5 Å². The monoisotopic (exact) mass is 340 g/mol. The highest BCUT2D eigenvalue weighted by molar-refractivity contribution is 5.85. The Morgan fingerprint density at radius 2 is 1.41 bits per heavy atom. The smallest absolute Gasteiger partial charge is 0.322 e. The Labute approximate surface area is 137 Å². The first-order chi connectivity index (χ1) is 9.73. The van der Waals surface area contributed by atoms with E-state index < -0.39 is 18.1 Å². The molecule has 0 radical (unpaired) electrons. The fraction of sp³-hybridized carbons (Fsp3) is 0.857. The van der Waals surface area contributed by atoms with Crippen LogP contribution in [0.5, 0.6) is 0 Å². The minimum absolute atomic E-state index is 0. The summed E-state index contributed by atoms with van der Waals surface area (Å²) in [7, 11) is 0. The van der Waals surface area contributed by atoms with Gasteiger partial charge in [0.15, 0.2) is 0 Å². The molecule has 2 rings (SSSR count). The van der Waals surface area contributed by atoms with Crippen molar-refractivity contribution >= 4 is 24.3 Å². The fourth-order valence-electron chi connectivity index (χ4n) is 1.15. The molecule has 2 aliphatic rings. The summed E-state index contributed by atoms with van der Waals surface area (Å²) in [5.41, 5.74) is 10.1. The molecule has 2 saturated carbocycles. The first kappa shape index (κ1) is 23.4. The molecule has 0 aromatic heterocycles. The van der Waals surface area contributed by atoms with Gasteiger partial charge in [0.25, 0.3) is 0 Å². The Morgan fingerprint density at radius 1 is 1.05 bits per heavy atom. The Morgan fingerprint density at radius 3 is 1.55 bits per heavy atom. The molecule has 2 aliphatic carbocycles. The van der Waals surface area contributed by atoms with E-state index in [1.165, 1.54) is 19.8 Å². The van der Waals surface area contributed by atoms with E-state index >= 15 is 0 Å². The number of aliphatic hydroxyl groups is 1. The molecular weight excluding hydrogens is 312 g/mol. The van der Waals surface area contributed by atoms with E-state index in [0.29, 0.717) is 0 Å². The summed E-state index contributed by atoms with van der Waals surface area (Å²) in [5, 5.41) is 16.3. The van der Waals surface area contributed by atoms with Gasteiger partial charge in [-0.2, -0.15) is 0 Å². The number of hydrogen-bond acceptors (Lipinski definition) is 6. The highest BCUT2D eigenvalue weighted by Gasteiger charge is 2.22. The molecule has 0 aliphatic heterocycles. The molecule has 8 heteroatoms. The standard InChI is InChI=1S/C7H13NO2.C4H8O.C3H7NO2.ClH/c1-5(8)7(9)10-6-3-2-4-6;5-4-2-1-3-4;1-2(4)3(5)6;/h5-6H,2-4,8H2,1H3;4-5H,1-3H2;2H,4H2,1H3,(H,5,6);1H/t5-;;2-;/m1.1./s1. The molecular formula is C14H29ClN2O5. The van der Waals surface area contributed by atoms with Crippen molar-refractivity contribution in [2.45, 2.75) is 76.7 Å². The highest BCUT2D eigenvalue weighted by atomic mass is 35.5. The van der Waals surface area contributed by atoms with Gasteiger partial charge in [-0.3, -0.25) is 9.59 Å². The maximum absolute atomic E-state index is 10.8. The fourth-order valence-corrected chi connectivity index (χ4v) is 1.15. The Kier molecular flexibility index (Phi) is 13.4. The van der Waals surface area contributed by atoms with E-state index in [2.05, 4.69) is 0 Å². The SMILES string of the molecule is C[C@@H](N)C(=O)O.C[C@@H](N)C(=O)OC1CCC1.Cl.OC1CCC1. The molecule has 0 amide bonds. The van der Waals surface area contributed by atoms with Crippen molar-refractivity contribution in [3.05, 3.63) is 0 Å². The van der Waals surface area contributed by atoms with Crippen molar-refractivity contribution in [2.75, 3.05) is 0 Å². The number of nitrogens with two attached hydrogens (primary N) is 2.